The Kier molecular flexibility index (Phi) is 7.85. The number of alkyl halides is 3. The first kappa shape index (κ1) is 24.4. The molecule has 2 aromatic carbocycles. The molecule has 0 unspecified atom stereocenters. The number of benzene rings is 2. The quantitative estimate of drug-likeness (QED) is 0.242. The number of ether oxygens (including phenoxy) is 3. The fourth-order valence-corrected chi connectivity index (χ4v) is 3.60. The zero-order valence-electron chi connectivity index (χ0n) is 17.3. The molecule has 0 spiro atoms. The summed E-state index contributed by atoms with van der Waals surface area (Å²) in [6.45, 7) is -0.274. The van der Waals surface area contributed by atoms with E-state index >= 15 is 0 Å². The Bertz CT molecular complexity index is 1070. The molecule has 176 valence electrons. The molecule has 0 aliphatic carbocycles. The largest absolute Gasteiger partial charge is 0.494 e. The molecule has 33 heavy (non-hydrogen) atoms. The molecule has 0 saturated heterocycles. The van der Waals surface area contributed by atoms with E-state index in [1.165, 1.54) is 49.2 Å². The zero-order valence-corrected chi connectivity index (χ0v) is 18.1. The highest BCUT2D eigenvalue weighted by Gasteiger charge is 2.38. The predicted octanol–water partition coefficient (Wildman–Crippen LogP) is 4.62. The summed E-state index contributed by atoms with van der Waals surface area (Å²) < 4.78 is 66.5. The number of carbonyl (C=O) groups excluding carboxylic acids is 2. The molecule has 0 atom stereocenters. The molecule has 0 fully saturated rings. The fourth-order valence-electron chi connectivity index (χ4n) is 2.84. The molecule has 1 aliphatic heterocycles. The van der Waals surface area contributed by atoms with Gasteiger partial charge < -0.3 is 19.5 Å². The van der Waals surface area contributed by atoms with Crippen molar-refractivity contribution in [2.24, 2.45) is 0 Å². The minimum absolute atomic E-state index is 0.0316. The Labute approximate surface area is 190 Å². The van der Waals surface area contributed by atoms with Gasteiger partial charge in [0.15, 0.2) is 17.3 Å². The average Bonchev–Trinajstić information content (AvgIpc) is 3.23. The molecule has 0 saturated carbocycles. The van der Waals surface area contributed by atoms with E-state index in [1.54, 1.807) is 17.4 Å². The lowest BCUT2D eigenvalue weighted by Crippen LogP contribution is -2.37. The Morgan fingerprint density at radius 1 is 1.21 bits per heavy atom. The number of ketones is 1. The second-order valence-corrected chi connectivity index (χ2v) is 7.71. The number of amides is 1. The van der Waals surface area contributed by atoms with E-state index in [2.05, 4.69) is 0 Å². The second-order valence-electron chi connectivity index (χ2n) is 6.75. The molecule has 1 amide bonds. The molecule has 1 aliphatic rings. The van der Waals surface area contributed by atoms with Gasteiger partial charge in [0.25, 0.3) is 0 Å². The first-order valence-electron chi connectivity index (χ1n) is 9.66. The van der Waals surface area contributed by atoms with Crippen LogP contribution in [0.3, 0.4) is 0 Å². The van der Waals surface area contributed by atoms with Crippen molar-refractivity contribution in [2.45, 2.75) is 17.5 Å². The van der Waals surface area contributed by atoms with E-state index in [9.17, 15) is 27.2 Å². The van der Waals surface area contributed by atoms with Crippen LogP contribution in [0.15, 0.2) is 41.3 Å². The van der Waals surface area contributed by atoms with E-state index in [0.29, 0.717) is 17.3 Å². The monoisotopic (exact) mass is 485 g/mol. The lowest BCUT2D eigenvalue weighted by atomic mass is 10.1. The SMILES string of the molecule is COc1ccc(C=CC(=O)c2cc3c(cc2OCCCNC(=O)C(F)(F)F)SCO3)cc1F. The van der Waals surface area contributed by atoms with E-state index in [-0.39, 0.29) is 36.6 Å². The number of rotatable bonds is 9. The van der Waals surface area contributed by atoms with Crippen molar-refractivity contribution >= 4 is 29.5 Å². The highest BCUT2D eigenvalue weighted by atomic mass is 32.2. The number of methoxy groups -OCH3 is 1. The van der Waals surface area contributed by atoms with E-state index in [4.69, 9.17) is 14.2 Å². The summed E-state index contributed by atoms with van der Waals surface area (Å²) in [6, 6.07) is 7.39. The second kappa shape index (κ2) is 10.6. The molecular formula is C22H19F4NO5S. The predicted molar refractivity (Wildman–Crippen MR) is 113 cm³/mol. The van der Waals surface area contributed by atoms with Crippen molar-refractivity contribution < 1.29 is 41.4 Å². The maximum Gasteiger partial charge on any atom is 0.471 e. The van der Waals surface area contributed by atoms with Crippen molar-refractivity contribution in [1.82, 2.24) is 5.32 Å². The topological polar surface area (TPSA) is 73.9 Å². The first-order chi connectivity index (χ1) is 15.7. The number of hydrogen-bond acceptors (Lipinski definition) is 6. The molecule has 0 radical (unpaired) electrons. The molecule has 3 rings (SSSR count). The van der Waals surface area contributed by atoms with Crippen molar-refractivity contribution in [3.8, 4) is 17.2 Å². The van der Waals surface area contributed by atoms with Crippen molar-refractivity contribution in [3.63, 3.8) is 0 Å². The van der Waals surface area contributed by atoms with Gasteiger partial charge >= 0.3 is 12.1 Å². The summed E-state index contributed by atoms with van der Waals surface area (Å²) >= 11 is 1.40. The number of nitrogens with one attached hydrogen (secondary N) is 1. The van der Waals surface area contributed by atoms with Gasteiger partial charge in [0.1, 0.15) is 17.4 Å². The molecule has 1 N–H and O–H groups in total. The van der Waals surface area contributed by atoms with Crippen LogP contribution in [0.25, 0.3) is 6.08 Å². The van der Waals surface area contributed by atoms with Gasteiger partial charge in [-0.1, -0.05) is 23.9 Å². The van der Waals surface area contributed by atoms with Gasteiger partial charge in [-0.3, -0.25) is 9.59 Å². The number of hydrogen-bond donors (Lipinski definition) is 1. The first-order valence-corrected chi connectivity index (χ1v) is 10.6. The number of fused-ring (bicyclic) bond motifs is 1. The van der Waals surface area contributed by atoms with Crippen LogP contribution in [0.2, 0.25) is 0 Å². The van der Waals surface area contributed by atoms with Crippen LogP contribution in [-0.4, -0.2) is 44.1 Å². The van der Waals surface area contributed by atoms with Crippen molar-refractivity contribution in [2.75, 3.05) is 26.2 Å². The third kappa shape index (κ3) is 6.41. The summed E-state index contributed by atoms with van der Waals surface area (Å²) in [5.74, 6) is -1.84. The Morgan fingerprint density at radius 2 is 2.00 bits per heavy atom. The smallest absolute Gasteiger partial charge is 0.471 e. The van der Waals surface area contributed by atoms with Crippen LogP contribution in [0.4, 0.5) is 17.6 Å². The number of thioether (sulfide) groups is 1. The number of carbonyl (C=O) groups is 2. The highest BCUT2D eigenvalue weighted by molar-refractivity contribution is 7.99. The maximum atomic E-state index is 13.9. The van der Waals surface area contributed by atoms with Crippen LogP contribution in [0, 0.1) is 5.82 Å². The van der Waals surface area contributed by atoms with Crippen LogP contribution in [0.1, 0.15) is 22.3 Å². The van der Waals surface area contributed by atoms with Crippen molar-refractivity contribution in [1.29, 1.82) is 0 Å². The van der Waals surface area contributed by atoms with Gasteiger partial charge in [-0.2, -0.15) is 13.2 Å². The Hall–Kier alpha value is -3.21. The maximum absolute atomic E-state index is 13.9. The third-order valence-corrected chi connectivity index (χ3v) is 5.33. The minimum Gasteiger partial charge on any atom is -0.494 e. The van der Waals surface area contributed by atoms with Gasteiger partial charge in [-0.25, -0.2) is 4.39 Å². The van der Waals surface area contributed by atoms with Crippen LogP contribution >= 0.6 is 11.8 Å². The Balaban J connectivity index is 1.68. The summed E-state index contributed by atoms with van der Waals surface area (Å²) in [5.41, 5.74) is 0.623. The van der Waals surface area contributed by atoms with E-state index in [0.717, 1.165) is 4.90 Å². The number of halogens is 4. The summed E-state index contributed by atoms with van der Waals surface area (Å²) in [7, 11) is 1.34. The molecular weight excluding hydrogens is 466 g/mol. The van der Waals surface area contributed by atoms with E-state index in [1.807, 2.05) is 0 Å². The molecule has 1 heterocycles. The van der Waals surface area contributed by atoms with Gasteiger partial charge in [0, 0.05) is 6.54 Å². The molecule has 2 aromatic rings. The summed E-state index contributed by atoms with van der Waals surface area (Å²) in [6.07, 6.45) is -2.17. The average molecular weight is 485 g/mol. The van der Waals surface area contributed by atoms with Gasteiger partial charge in [0.2, 0.25) is 0 Å². The molecule has 0 bridgehead atoms. The van der Waals surface area contributed by atoms with Gasteiger partial charge in [-0.05, 0) is 42.3 Å². The molecule has 11 heteroatoms. The zero-order chi connectivity index (χ0) is 24.0. The third-order valence-electron chi connectivity index (χ3n) is 4.46. The van der Waals surface area contributed by atoms with E-state index < -0.39 is 23.7 Å². The van der Waals surface area contributed by atoms with Crippen molar-refractivity contribution in [3.05, 3.63) is 53.4 Å². The minimum atomic E-state index is -4.95. The van der Waals surface area contributed by atoms with Crippen LogP contribution in [-0.2, 0) is 4.79 Å². The molecule has 0 aromatic heterocycles. The van der Waals surface area contributed by atoms with Gasteiger partial charge in [0.05, 0.1) is 24.2 Å². The fraction of sp³-hybridized carbons (Fsp3) is 0.273. The lowest BCUT2D eigenvalue weighted by Gasteiger charge is -2.12. The lowest BCUT2D eigenvalue weighted by molar-refractivity contribution is -0.173. The Morgan fingerprint density at radius 3 is 2.70 bits per heavy atom. The van der Waals surface area contributed by atoms with Crippen LogP contribution < -0.4 is 19.5 Å². The standard InChI is InChI=1S/C22H19F4NO5S/c1-30-17-6-4-13(9-15(17)23)3-5-16(28)14-10-19-20(33-12-32-19)11-18(14)31-8-2-7-27-21(29)22(24,25)26/h3-6,9-11H,2,7-8,12H2,1H3,(H,27,29). The summed E-state index contributed by atoms with van der Waals surface area (Å²) in [5, 5.41) is 1.75. The highest BCUT2D eigenvalue weighted by Crippen LogP contribution is 2.41. The summed E-state index contributed by atoms with van der Waals surface area (Å²) in [4.78, 5) is 24.4. The molecule has 6 nitrogen and oxygen atoms in total. The normalized spacial score (nSPS) is 12.9. The van der Waals surface area contributed by atoms with Gasteiger partial charge in [-0.15, -0.1) is 0 Å². The number of allylic oxidation sites excluding steroid dienone is 1. The van der Waals surface area contributed by atoms with Crippen LogP contribution in [0.5, 0.6) is 17.2 Å².